The molecule has 6 nitrogen and oxygen atoms in total. The molecular weight excluding hydrogens is 324 g/mol. The molecule has 6 heteroatoms. The summed E-state index contributed by atoms with van der Waals surface area (Å²) in [6.45, 7) is 6.82. The molecule has 1 aliphatic rings. The molecule has 0 spiro atoms. The van der Waals surface area contributed by atoms with Crippen LogP contribution in [0.25, 0.3) is 11.0 Å². The normalized spacial score (nSPS) is 22.2. The third-order valence-corrected chi connectivity index (χ3v) is 4.42. The molecule has 0 fully saturated rings. The van der Waals surface area contributed by atoms with Crippen molar-refractivity contribution >= 4 is 16.9 Å². The zero-order valence-corrected chi connectivity index (χ0v) is 14.5. The molecule has 1 aromatic carbocycles. The first kappa shape index (κ1) is 17.2. The zero-order valence-electron chi connectivity index (χ0n) is 14.5. The Morgan fingerprint density at radius 3 is 2.64 bits per heavy atom. The minimum atomic E-state index is -1.19. The number of aliphatic hydroxyl groups excluding tert-OH is 1. The summed E-state index contributed by atoms with van der Waals surface area (Å²) in [4.78, 5) is 23.8. The van der Waals surface area contributed by atoms with Gasteiger partial charge in [-0.1, -0.05) is 6.08 Å². The predicted molar refractivity (Wildman–Crippen MR) is 91.5 cm³/mol. The summed E-state index contributed by atoms with van der Waals surface area (Å²) in [5, 5.41) is 11.6. The largest absolute Gasteiger partial charge is 0.483 e. The molecule has 0 radical (unpaired) electrons. The maximum Gasteiger partial charge on any atom is 0.336 e. The van der Waals surface area contributed by atoms with Gasteiger partial charge in [0.25, 0.3) is 0 Å². The van der Waals surface area contributed by atoms with E-state index in [0.717, 1.165) is 0 Å². The third kappa shape index (κ3) is 2.93. The Labute approximate surface area is 144 Å². The fourth-order valence-electron chi connectivity index (χ4n) is 2.91. The topological polar surface area (TPSA) is 86.0 Å². The average molecular weight is 344 g/mol. The van der Waals surface area contributed by atoms with Crippen molar-refractivity contribution in [3.05, 3.63) is 51.9 Å². The fourth-order valence-corrected chi connectivity index (χ4v) is 2.91. The van der Waals surface area contributed by atoms with E-state index < -0.39 is 29.4 Å². The standard InChI is InChI=1S/C19H20O6/c1-5-10(2)18(22)24-17-15(21)14-12(25-19(17,3)4)8-6-11-7-9-13(20)23-16(11)14/h5-9,15,17,21H,1-4H3. The van der Waals surface area contributed by atoms with Gasteiger partial charge in [0.15, 0.2) is 6.10 Å². The van der Waals surface area contributed by atoms with Crippen LogP contribution in [0, 0.1) is 0 Å². The maximum absolute atomic E-state index is 12.2. The predicted octanol–water partition coefficient (Wildman–Crippen LogP) is 2.88. The summed E-state index contributed by atoms with van der Waals surface area (Å²) >= 11 is 0. The highest BCUT2D eigenvalue weighted by Crippen LogP contribution is 2.44. The molecule has 2 heterocycles. The summed E-state index contributed by atoms with van der Waals surface area (Å²) < 4.78 is 16.7. The van der Waals surface area contributed by atoms with E-state index >= 15 is 0 Å². The summed E-state index contributed by atoms with van der Waals surface area (Å²) in [5.74, 6) is -0.136. The van der Waals surface area contributed by atoms with Crippen LogP contribution in [-0.2, 0) is 9.53 Å². The number of rotatable bonds is 2. The Morgan fingerprint density at radius 2 is 1.96 bits per heavy atom. The molecule has 0 saturated heterocycles. The number of carbonyl (C=O) groups excluding carboxylic acids is 1. The van der Waals surface area contributed by atoms with E-state index in [1.165, 1.54) is 6.07 Å². The quantitative estimate of drug-likeness (QED) is 0.512. The average Bonchev–Trinajstić information content (AvgIpc) is 2.56. The van der Waals surface area contributed by atoms with E-state index in [2.05, 4.69) is 0 Å². The van der Waals surface area contributed by atoms with Crippen LogP contribution in [0.5, 0.6) is 5.75 Å². The van der Waals surface area contributed by atoms with Crippen LogP contribution in [0.2, 0.25) is 0 Å². The van der Waals surface area contributed by atoms with Gasteiger partial charge in [0.05, 0.1) is 5.56 Å². The molecule has 1 aliphatic heterocycles. The minimum Gasteiger partial charge on any atom is -0.483 e. The van der Waals surface area contributed by atoms with Crippen molar-refractivity contribution in [3.63, 3.8) is 0 Å². The summed E-state index contributed by atoms with van der Waals surface area (Å²) in [7, 11) is 0. The number of benzene rings is 1. The van der Waals surface area contributed by atoms with Gasteiger partial charge in [0.1, 0.15) is 23.0 Å². The van der Waals surface area contributed by atoms with Crippen molar-refractivity contribution in [2.45, 2.75) is 45.5 Å². The Hall–Kier alpha value is -2.60. The lowest BCUT2D eigenvalue weighted by atomic mass is 9.87. The number of allylic oxidation sites excluding steroid dienone is 1. The molecule has 1 N–H and O–H groups in total. The van der Waals surface area contributed by atoms with Gasteiger partial charge in [-0.15, -0.1) is 0 Å². The molecule has 0 saturated carbocycles. The molecular formula is C19H20O6. The lowest BCUT2D eigenvalue weighted by molar-refractivity contribution is -0.173. The van der Waals surface area contributed by atoms with Crippen LogP contribution < -0.4 is 10.4 Å². The Balaban J connectivity index is 2.12. The van der Waals surface area contributed by atoms with Crippen LogP contribution in [-0.4, -0.2) is 22.8 Å². The molecule has 0 aliphatic carbocycles. The highest BCUT2D eigenvalue weighted by atomic mass is 16.6. The molecule has 2 aromatic rings. The van der Waals surface area contributed by atoms with Gasteiger partial charge >= 0.3 is 11.6 Å². The van der Waals surface area contributed by atoms with Crippen molar-refractivity contribution < 1.29 is 23.8 Å². The number of esters is 1. The Kier molecular flexibility index (Phi) is 4.16. The van der Waals surface area contributed by atoms with Crippen molar-refractivity contribution in [1.29, 1.82) is 0 Å². The number of aliphatic hydroxyl groups is 1. The monoisotopic (exact) mass is 344 g/mol. The SMILES string of the molecule is CC=C(C)C(=O)OC1C(O)c2c(ccc3ccc(=O)oc23)OC1(C)C. The molecule has 0 amide bonds. The summed E-state index contributed by atoms with van der Waals surface area (Å²) in [5.41, 5.74) is -0.518. The Morgan fingerprint density at radius 1 is 1.28 bits per heavy atom. The second-order valence-electron chi connectivity index (χ2n) is 6.60. The van der Waals surface area contributed by atoms with E-state index in [0.29, 0.717) is 22.3 Å². The van der Waals surface area contributed by atoms with Crippen LogP contribution in [0.1, 0.15) is 39.4 Å². The smallest absolute Gasteiger partial charge is 0.336 e. The molecule has 25 heavy (non-hydrogen) atoms. The number of carbonyl (C=O) groups is 1. The van der Waals surface area contributed by atoms with Crippen LogP contribution in [0.15, 0.2) is 45.1 Å². The minimum absolute atomic E-state index is 0.233. The molecule has 132 valence electrons. The van der Waals surface area contributed by atoms with Crippen molar-refractivity contribution in [3.8, 4) is 5.75 Å². The molecule has 1 aromatic heterocycles. The van der Waals surface area contributed by atoms with Gasteiger partial charge in [-0.05, 0) is 45.9 Å². The van der Waals surface area contributed by atoms with Gasteiger partial charge in [-0.2, -0.15) is 0 Å². The first-order valence-electron chi connectivity index (χ1n) is 8.02. The van der Waals surface area contributed by atoms with Crippen LogP contribution in [0.4, 0.5) is 0 Å². The van der Waals surface area contributed by atoms with Gasteiger partial charge in [-0.25, -0.2) is 9.59 Å². The first-order valence-corrected chi connectivity index (χ1v) is 8.02. The number of hydrogen-bond donors (Lipinski definition) is 1. The third-order valence-electron chi connectivity index (χ3n) is 4.42. The van der Waals surface area contributed by atoms with Gasteiger partial charge in [-0.3, -0.25) is 0 Å². The lowest BCUT2D eigenvalue weighted by Crippen LogP contribution is -2.51. The van der Waals surface area contributed by atoms with E-state index in [1.54, 1.807) is 52.0 Å². The van der Waals surface area contributed by atoms with Gasteiger partial charge in [0.2, 0.25) is 0 Å². The lowest BCUT2D eigenvalue weighted by Gasteiger charge is -2.42. The molecule has 0 bridgehead atoms. The van der Waals surface area contributed by atoms with Crippen molar-refractivity contribution in [2.24, 2.45) is 0 Å². The second-order valence-corrected chi connectivity index (χ2v) is 6.60. The van der Waals surface area contributed by atoms with Crippen LogP contribution >= 0.6 is 0 Å². The Bertz CT molecular complexity index is 921. The van der Waals surface area contributed by atoms with E-state index in [1.807, 2.05) is 0 Å². The van der Waals surface area contributed by atoms with Gasteiger partial charge < -0.3 is 19.0 Å². The van der Waals surface area contributed by atoms with E-state index in [9.17, 15) is 14.7 Å². The number of fused-ring (bicyclic) bond motifs is 3. The highest BCUT2D eigenvalue weighted by Gasteiger charge is 2.47. The number of ether oxygens (including phenoxy) is 2. The molecule has 2 unspecified atom stereocenters. The van der Waals surface area contributed by atoms with Crippen LogP contribution in [0.3, 0.4) is 0 Å². The summed E-state index contributed by atoms with van der Waals surface area (Å²) in [6, 6.07) is 6.37. The maximum atomic E-state index is 12.2. The first-order chi connectivity index (χ1) is 11.7. The molecule has 3 rings (SSSR count). The number of hydrogen-bond acceptors (Lipinski definition) is 6. The van der Waals surface area contributed by atoms with E-state index in [-0.39, 0.29) is 5.58 Å². The summed E-state index contributed by atoms with van der Waals surface area (Å²) in [6.07, 6.45) is -0.520. The van der Waals surface area contributed by atoms with Crippen molar-refractivity contribution in [1.82, 2.24) is 0 Å². The van der Waals surface area contributed by atoms with E-state index in [4.69, 9.17) is 13.9 Å². The highest BCUT2D eigenvalue weighted by molar-refractivity contribution is 5.88. The zero-order chi connectivity index (χ0) is 18.4. The fraction of sp³-hybridized carbons (Fsp3) is 0.368. The van der Waals surface area contributed by atoms with Crippen molar-refractivity contribution in [2.75, 3.05) is 0 Å². The van der Waals surface area contributed by atoms with Gasteiger partial charge in [0, 0.05) is 17.0 Å². The second kappa shape index (κ2) is 6.04. The molecule has 2 atom stereocenters.